The molecule has 1 heterocycles. The van der Waals surface area contributed by atoms with Gasteiger partial charge in [-0.05, 0) is 43.7 Å². The predicted octanol–water partition coefficient (Wildman–Crippen LogP) is 5.81. The number of rotatable bonds is 1. The minimum absolute atomic E-state index is 0.127. The summed E-state index contributed by atoms with van der Waals surface area (Å²) in [6.45, 7) is 7.83. The lowest BCUT2D eigenvalue weighted by Gasteiger charge is -1.96. The normalized spacial score (nSPS) is 9.48. The molecule has 2 N–H and O–H groups in total. The Morgan fingerprint density at radius 1 is 1.19 bits per heavy atom. The van der Waals surface area contributed by atoms with Crippen molar-refractivity contribution in [2.75, 3.05) is 11.5 Å². The predicted molar refractivity (Wildman–Crippen MR) is 118 cm³/mol. The van der Waals surface area contributed by atoms with Crippen LogP contribution in [0.5, 0.6) is 0 Å². The van der Waals surface area contributed by atoms with E-state index in [0.717, 1.165) is 11.4 Å². The molecule has 0 amide bonds. The van der Waals surface area contributed by atoms with Crippen molar-refractivity contribution in [3.63, 3.8) is 0 Å². The van der Waals surface area contributed by atoms with E-state index in [2.05, 4.69) is 44.7 Å². The van der Waals surface area contributed by atoms with E-state index in [1.165, 1.54) is 26.6 Å². The number of aryl methyl sites for hydroxylation is 3. The molecule has 0 aliphatic rings. The highest BCUT2D eigenvalue weighted by molar-refractivity contribution is 7.80. The fraction of sp³-hybridized carbons (Fsp3) is 0.250. The first kappa shape index (κ1) is 22.5. The van der Waals surface area contributed by atoms with E-state index in [-0.39, 0.29) is 11.3 Å². The minimum atomic E-state index is -0.550. The molecule has 5 nitrogen and oxygen atoms in total. The number of nitro groups is 1. The maximum absolute atomic E-state index is 10.4. The van der Waals surface area contributed by atoms with Crippen molar-refractivity contribution in [1.29, 1.82) is 5.26 Å². The lowest BCUT2D eigenvalue weighted by Crippen LogP contribution is -1.93. The fourth-order valence-electron chi connectivity index (χ4n) is 2.42. The van der Waals surface area contributed by atoms with Crippen LogP contribution in [0.3, 0.4) is 0 Å². The number of thiol groups is 1. The Morgan fingerprint density at radius 3 is 2.22 bits per heavy atom. The van der Waals surface area contributed by atoms with Crippen LogP contribution >= 0.6 is 24.0 Å². The number of nitro benzene ring substituents is 1. The van der Waals surface area contributed by atoms with E-state index in [9.17, 15) is 10.1 Å². The molecule has 0 saturated carbocycles. The molecule has 0 aliphatic carbocycles. The molecule has 0 aliphatic heterocycles. The smallest absolute Gasteiger partial charge is 0.287 e. The van der Waals surface area contributed by atoms with Gasteiger partial charge in [-0.1, -0.05) is 31.2 Å². The number of nitrogens with zero attached hydrogens (tertiary/aromatic N) is 2. The van der Waals surface area contributed by atoms with Crippen LogP contribution in [-0.4, -0.2) is 10.7 Å². The maximum atomic E-state index is 10.4. The van der Waals surface area contributed by atoms with Crippen LogP contribution in [0.2, 0.25) is 0 Å². The molecule has 0 radical (unpaired) electrons. The van der Waals surface area contributed by atoms with E-state index in [1.807, 2.05) is 6.92 Å². The molecule has 2 aromatic carbocycles. The Bertz CT molecular complexity index is 975. The Kier molecular flexibility index (Phi) is 8.79. The number of fused-ring (bicyclic) bond motifs is 1. The van der Waals surface area contributed by atoms with Crippen molar-refractivity contribution in [3.8, 4) is 6.07 Å². The molecule has 7 heteroatoms. The van der Waals surface area contributed by atoms with Gasteiger partial charge in [0.15, 0.2) is 0 Å². The standard InChI is InChI=1S/C10H11NS.C8H6N2O2.C2H6S/c1-6-4-3-5-8-9(6)10(11)7(2)12-8;1-6-3-2-4-8(10(11)12)7(6)5-9;1-2-3/h3-5H,11H2,1-2H3;2-4H,1H3;3H,2H2,1H3. The van der Waals surface area contributed by atoms with Crippen LogP contribution in [0.4, 0.5) is 11.4 Å². The molecular formula is C20H23N3O2S2. The van der Waals surface area contributed by atoms with Gasteiger partial charge in [0.1, 0.15) is 11.6 Å². The summed E-state index contributed by atoms with van der Waals surface area (Å²) in [6.07, 6.45) is 0. The zero-order valence-electron chi connectivity index (χ0n) is 15.8. The van der Waals surface area contributed by atoms with Gasteiger partial charge < -0.3 is 5.73 Å². The molecule has 0 bridgehead atoms. The van der Waals surface area contributed by atoms with Gasteiger partial charge in [0.05, 0.1) is 10.6 Å². The largest absolute Gasteiger partial charge is 0.397 e. The van der Waals surface area contributed by atoms with Gasteiger partial charge >= 0.3 is 0 Å². The fourth-order valence-corrected chi connectivity index (χ4v) is 3.48. The summed E-state index contributed by atoms with van der Waals surface area (Å²) in [4.78, 5) is 11.1. The van der Waals surface area contributed by atoms with Gasteiger partial charge in [-0.25, -0.2) is 0 Å². The number of nitrogen functional groups attached to an aromatic ring is 1. The zero-order chi connectivity index (χ0) is 20.6. The van der Waals surface area contributed by atoms with Crippen molar-refractivity contribution in [3.05, 3.63) is 68.1 Å². The highest BCUT2D eigenvalue weighted by Crippen LogP contribution is 2.34. The van der Waals surface area contributed by atoms with Gasteiger partial charge in [-0.2, -0.15) is 17.9 Å². The lowest BCUT2D eigenvalue weighted by molar-refractivity contribution is -0.385. The SMILES string of the molecule is CCS.Cc1cccc([N+](=O)[O-])c1C#N.Cc1sc2cccc(C)c2c1N. The van der Waals surface area contributed by atoms with E-state index in [4.69, 9.17) is 11.0 Å². The summed E-state index contributed by atoms with van der Waals surface area (Å²) in [5, 5.41) is 20.2. The Hall–Kier alpha value is -2.56. The quantitative estimate of drug-likeness (QED) is 0.306. The summed E-state index contributed by atoms with van der Waals surface area (Å²) in [5.74, 6) is 0.944. The molecule has 142 valence electrons. The molecule has 1 aromatic heterocycles. The van der Waals surface area contributed by atoms with Crippen molar-refractivity contribution >= 4 is 45.4 Å². The first-order chi connectivity index (χ1) is 12.8. The van der Waals surface area contributed by atoms with Crippen LogP contribution < -0.4 is 5.73 Å². The Morgan fingerprint density at radius 2 is 1.74 bits per heavy atom. The Balaban J connectivity index is 0.000000236. The number of hydrogen-bond acceptors (Lipinski definition) is 6. The van der Waals surface area contributed by atoms with Gasteiger partial charge in [0.25, 0.3) is 5.69 Å². The molecule has 0 saturated heterocycles. The Labute approximate surface area is 169 Å². The van der Waals surface area contributed by atoms with Crippen LogP contribution in [0, 0.1) is 42.2 Å². The number of hydrogen-bond donors (Lipinski definition) is 2. The van der Waals surface area contributed by atoms with Crippen molar-refractivity contribution in [2.45, 2.75) is 27.7 Å². The highest BCUT2D eigenvalue weighted by Gasteiger charge is 2.13. The summed E-state index contributed by atoms with van der Waals surface area (Å²) >= 11 is 5.56. The van der Waals surface area contributed by atoms with Gasteiger partial charge in [-0.3, -0.25) is 10.1 Å². The molecule has 27 heavy (non-hydrogen) atoms. The van der Waals surface area contributed by atoms with Gasteiger partial charge in [0.2, 0.25) is 0 Å². The number of nitriles is 1. The van der Waals surface area contributed by atoms with Crippen molar-refractivity contribution < 1.29 is 4.92 Å². The van der Waals surface area contributed by atoms with Gasteiger partial charge in [-0.15, -0.1) is 11.3 Å². The molecule has 3 rings (SSSR count). The lowest BCUT2D eigenvalue weighted by atomic mass is 10.1. The highest BCUT2D eigenvalue weighted by atomic mass is 32.1. The third-order valence-electron chi connectivity index (χ3n) is 3.71. The van der Waals surface area contributed by atoms with Crippen LogP contribution in [0.25, 0.3) is 10.1 Å². The second-order valence-corrected chi connectivity index (χ2v) is 7.56. The average molecular weight is 402 g/mol. The molecular weight excluding hydrogens is 378 g/mol. The van der Waals surface area contributed by atoms with E-state index < -0.39 is 4.92 Å². The van der Waals surface area contributed by atoms with E-state index in [1.54, 1.807) is 36.5 Å². The second-order valence-electron chi connectivity index (χ2n) is 5.67. The van der Waals surface area contributed by atoms with Gasteiger partial charge in [0, 0.05) is 21.0 Å². The van der Waals surface area contributed by atoms with Crippen LogP contribution in [0.15, 0.2) is 36.4 Å². The number of benzene rings is 2. The summed E-state index contributed by atoms with van der Waals surface area (Å²) < 4.78 is 1.30. The number of thiophene rings is 1. The zero-order valence-corrected chi connectivity index (χ0v) is 17.5. The maximum Gasteiger partial charge on any atom is 0.287 e. The first-order valence-electron chi connectivity index (χ1n) is 8.27. The molecule has 0 fully saturated rings. The van der Waals surface area contributed by atoms with E-state index in [0.29, 0.717) is 5.56 Å². The number of nitrogens with two attached hydrogens (primary N) is 1. The summed E-state index contributed by atoms with van der Waals surface area (Å²) in [7, 11) is 0. The number of anilines is 1. The van der Waals surface area contributed by atoms with Crippen molar-refractivity contribution in [2.24, 2.45) is 0 Å². The first-order valence-corrected chi connectivity index (χ1v) is 9.72. The van der Waals surface area contributed by atoms with Crippen LogP contribution in [-0.2, 0) is 0 Å². The molecule has 0 spiro atoms. The monoisotopic (exact) mass is 401 g/mol. The second kappa shape index (κ2) is 10.6. The third kappa shape index (κ3) is 5.71. The van der Waals surface area contributed by atoms with Crippen LogP contribution in [0.1, 0.15) is 28.5 Å². The molecule has 0 atom stereocenters. The molecule has 0 unspecified atom stereocenters. The van der Waals surface area contributed by atoms with E-state index >= 15 is 0 Å². The summed E-state index contributed by atoms with van der Waals surface area (Å²) in [5.41, 5.74) is 8.82. The molecule has 3 aromatic rings. The van der Waals surface area contributed by atoms with Crippen molar-refractivity contribution in [1.82, 2.24) is 0 Å². The summed E-state index contributed by atoms with van der Waals surface area (Å²) in [6, 6.07) is 12.7. The minimum Gasteiger partial charge on any atom is -0.397 e. The average Bonchev–Trinajstić information content (AvgIpc) is 2.91. The third-order valence-corrected chi connectivity index (χ3v) is 4.79. The topological polar surface area (TPSA) is 93.0 Å².